The average molecular weight is 347 g/mol. The number of benzene rings is 2. The molecule has 2 heterocycles. The van der Waals surface area contributed by atoms with Gasteiger partial charge in [-0.3, -0.25) is 4.79 Å². The van der Waals surface area contributed by atoms with Gasteiger partial charge in [-0.25, -0.2) is 0 Å². The molecule has 1 atom stereocenters. The van der Waals surface area contributed by atoms with Gasteiger partial charge in [0, 0.05) is 17.0 Å². The summed E-state index contributed by atoms with van der Waals surface area (Å²) in [6.45, 7) is 4.87. The second-order valence-corrected chi connectivity index (χ2v) is 7.68. The van der Waals surface area contributed by atoms with Crippen molar-refractivity contribution in [1.29, 1.82) is 0 Å². The van der Waals surface area contributed by atoms with E-state index in [-0.39, 0.29) is 11.9 Å². The molecule has 0 fully saturated rings. The molecule has 25 heavy (non-hydrogen) atoms. The Morgan fingerprint density at radius 2 is 1.80 bits per heavy atom. The number of thiophene rings is 1. The van der Waals surface area contributed by atoms with Gasteiger partial charge in [0.15, 0.2) is 0 Å². The van der Waals surface area contributed by atoms with Gasteiger partial charge in [-0.15, -0.1) is 11.3 Å². The zero-order chi connectivity index (χ0) is 17.4. The van der Waals surface area contributed by atoms with Gasteiger partial charge >= 0.3 is 0 Å². The lowest BCUT2D eigenvalue weighted by atomic mass is 9.91. The molecule has 4 rings (SSSR count). The van der Waals surface area contributed by atoms with E-state index in [1.165, 1.54) is 21.6 Å². The van der Waals surface area contributed by atoms with Crippen molar-refractivity contribution < 1.29 is 4.79 Å². The Balaban J connectivity index is 1.79. The maximum Gasteiger partial charge on any atom is 0.254 e. The van der Waals surface area contributed by atoms with E-state index in [9.17, 15) is 4.79 Å². The zero-order valence-corrected chi connectivity index (χ0v) is 15.3. The fourth-order valence-electron chi connectivity index (χ4n) is 3.61. The van der Waals surface area contributed by atoms with Crippen LogP contribution in [-0.4, -0.2) is 17.4 Å². The molecule has 0 saturated heterocycles. The fraction of sp³-hybridized carbons (Fsp3) is 0.227. The highest BCUT2D eigenvalue weighted by molar-refractivity contribution is 7.10. The van der Waals surface area contributed by atoms with Gasteiger partial charge in [0.25, 0.3) is 5.91 Å². The molecule has 2 aromatic carbocycles. The Kier molecular flexibility index (Phi) is 4.18. The van der Waals surface area contributed by atoms with Crippen LogP contribution < -0.4 is 0 Å². The van der Waals surface area contributed by atoms with Gasteiger partial charge in [-0.1, -0.05) is 48.0 Å². The molecule has 2 nitrogen and oxygen atoms in total. The first-order chi connectivity index (χ1) is 12.1. The fourth-order valence-corrected chi connectivity index (χ4v) is 4.51. The van der Waals surface area contributed by atoms with Crippen LogP contribution in [0.2, 0.25) is 0 Å². The van der Waals surface area contributed by atoms with Crippen LogP contribution in [0, 0.1) is 13.8 Å². The first kappa shape index (κ1) is 16.1. The van der Waals surface area contributed by atoms with Gasteiger partial charge in [-0.05, 0) is 54.5 Å². The number of hydrogen-bond acceptors (Lipinski definition) is 2. The quantitative estimate of drug-likeness (QED) is 0.627. The lowest BCUT2D eigenvalue weighted by Crippen LogP contribution is -2.40. The SMILES string of the molecule is Cc1ccc([C@@H]2c3ccsc3CCN2C(=O)c2ccccc2C)cc1. The van der Waals surface area contributed by atoms with Crippen molar-refractivity contribution in [2.45, 2.75) is 26.3 Å². The molecule has 1 aromatic heterocycles. The average Bonchev–Trinajstić information content (AvgIpc) is 3.10. The third-order valence-electron chi connectivity index (χ3n) is 5.00. The molecule has 1 aliphatic heterocycles. The van der Waals surface area contributed by atoms with Crippen molar-refractivity contribution in [2.75, 3.05) is 6.54 Å². The third kappa shape index (κ3) is 2.89. The van der Waals surface area contributed by atoms with Crippen LogP contribution in [0.1, 0.15) is 43.5 Å². The topological polar surface area (TPSA) is 20.3 Å². The standard InChI is InChI=1S/C22H21NOS/c1-15-7-9-17(10-8-15)21-19-12-14-25-20(19)11-13-23(21)22(24)18-6-4-3-5-16(18)2/h3-10,12,14,21H,11,13H2,1-2H3/t21-/m1/s1. The Hall–Kier alpha value is -2.39. The Bertz CT molecular complexity index is 910. The number of fused-ring (bicyclic) bond motifs is 1. The van der Waals surface area contributed by atoms with Crippen molar-refractivity contribution in [1.82, 2.24) is 4.90 Å². The number of aryl methyl sites for hydroxylation is 2. The first-order valence-corrected chi connectivity index (χ1v) is 9.52. The molecule has 0 aliphatic carbocycles. The van der Waals surface area contributed by atoms with E-state index in [0.29, 0.717) is 0 Å². The van der Waals surface area contributed by atoms with Crippen molar-refractivity contribution in [2.24, 2.45) is 0 Å². The molecule has 3 aromatic rings. The van der Waals surface area contributed by atoms with Gasteiger partial charge < -0.3 is 4.90 Å². The summed E-state index contributed by atoms with van der Waals surface area (Å²) in [5.41, 5.74) is 5.54. The summed E-state index contributed by atoms with van der Waals surface area (Å²) in [4.78, 5) is 16.8. The molecule has 0 radical (unpaired) electrons. The van der Waals surface area contributed by atoms with E-state index in [1.54, 1.807) is 11.3 Å². The Labute approximate surface area is 152 Å². The summed E-state index contributed by atoms with van der Waals surface area (Å²) in [5.74, 6) is 0.125. The maximum atomic E-state index is 13.3. The molecule has 0 bridgehead atoms. The number of carbonyl (C=O) groups is 1. The smallest absolute Gasteiger partial charge is 0.254 e. The van der Waals surface area contributed by atoms with E-state index in [0.717, 1.165) is 24.1 Å². The predicted octanol–water partition coefficient (Wildman–Crippen LogP) is 5.15. The van der Waals surface area contributed by atoms with E-state index in [4.69, 9.17) is 0 Å². The number of nitrogens with zero attached hydrogens (tertiary/aromatic N) is 1. The summed E-state index contributed by atoms with van der Waals surface area (Å²) in [5, 5.41) is 2.15. The minimum absolute atomic E-state index is 0.00251. The van der Waals surface area contributed by atoms with Crippen LogP contribution in [0.15, 0.2) is 60.0 Å². The largest absolute Gasteiger partial charge is 0.327 e. The molecule has 0 saturated carbocycles. The number of hydrogen-bond donors (Lipinski definition) is 0. The zero-order valence-electron chi connectivity index (χ0n) is 14.5. The number of amides is 1. The molecule has 126 valence electrons. The number of carbonyl (C=O) groups excluding carboxylic acids is 1. The highest BCUT2D eigenvalue weighted by Crippen LogP contribution is 2.38. The highest BCUT2D eigenvalue weighted by atomic mass is 32.1. The van der Waals surface area contributed by atoms with E-state index >= 15 is 0 Å². The Morgan fingerprint density at radius 3 is 2.56 bits per heavy atom. The van der Waals surface area contributed by atoms with Gasteiger partial charge in [0.2, 0.25) is 0 Å². The van der Waals surface area contributed by atoms with Crippen molar-refractivity contribution >= 4 is 17.2 Å². The summed E-state index contributed by atoms with van der Waals surface area (Å²) in [6.07, 6.45) is 0.937. The summed E-state index contributed by atoms with van der Waals surface area (Å²) >= 11 is 1.80. The lowest BCUT2D eigenvalue weighted by molar-refractivity contribution is 0.0695. The maximum absolute atomic E-state index is 13.3. The second kappa shape index (κ2) is 6.49. The van der Waals surface area contributed by atoms with E-state index < -0.39 is 0 Å². The third-order valence-corrected chi connectivity index (χ3v) is 5.99. The molecular formula is C22H21NOS. The molecular weight excluding hydrogens is 326 g/mol. The van der Waals surface area contributed by atoms with Gasteiger partial charge in [-0.2, -0.15) is 0 Å². The second-order valence-electron chi connectivity index (χ2n) is 6.68. The van der Waals surface area contributed by atoms with Gasteiger partial charge in [0.05, 0.1) is 6.04 Å². The van der Waals surface area contributed by atoms with Crippen molar-refractivity contribution in [3.63, 3.8) is 0 Å². The van der Waals surface area contributed by atoms with Crippen LogP contribution in [0.5, 0.6) is 0 Å². The van der Waals surface area contributed by atoms with E-state index in [2.05, 4.69) is 42.6 Å². The molecule has 0 spiro atoms. The van der Waals surface area contributed by atoms with Crippen LogP contribution in [0.4, 0.5) is 0 Å². The first-order valence-electron chi connectivity index (χ1n) is 8.64. The van der Waals surface area contributed by atoms with Crippen molar-refractivity contribution in [3.8, 4) is 0 Å². The number of rotatable bonds is 2. The summed E-state index contributed by atoms with van der Waals surface area (Å²) < 4.78 is 0. The molecule has 0 unspecified atom stereocenters. The minimum Gasteiger partial charge on any atom is -0.327 e. The minimum atomic E-state index is 0.00251. The molecule has 3 heteroatoms. The van der Waals surface area contributed by atoms with Crippen molar-refractivity contribution in [3.05, 3.63) is 92.7 Å². The molecule has 1 amide bonds. The van der Waals surface area contributed by atoms with Crippen LogP contribution in [0.3, 0.4) is 0 Å². The Morgan fingerprint density at radius 1 is 1.04 bits per heavy atom. The highest BCUT2D eigenvalue weighted by Gasteiger charge is 2.33. The monoisotopic (exact) mass is 347 g/mol. The lowest BCUT2D eigenvalue weighted by Gasteiger charge is -2.36. The van der Waals surface area contributed by atoms with Crippen LogP contribution >= 0.6 is 11.3 Å². The van der Waals surface area contributed by atoms with Crippen LogP contribution in [-0.2, 0) is 6.42 Å². The normalized spacial score (nSPS) is 16.6. The summed E-state index contributed by atoms with van der Waals surface area (Å²) in [7, 11) is 0. The van der Waals surface area contributed by atoms with E-state index in [1.807, 2.05) is 36.1 Å². The molecule has 1 aliphatic rings. The summed E-state index contributed by atoms with van der Waals surface area (Å²) in [6, 6.07) is 18.6. The molecule has 0 N–H and O–H groups in total. The predicted molar refractivity (Wildman–Crippen MR) is 103 cm³/mol. The van der Waals surface area contributed by atoms with Gasteiger partial charge in [0.1, 0.15) is 0 Å². The van der Waals surface area contributed by atoms with Crippen LogP contribution in [0.25, 0.3) is 0 Å².